The number of fused-ring (bicyclic) bond motifs is 1. The Bertz CT molecular complexity index is 604. The molecule has 3 heteroatoms. The molecule has 3 nitrogen and oxygen atoms in total. The second-order valence-electron chi connectivity index (χ2n) is 6.09. The number of aryl methyl sites for hydroxylation is 1. The summed E-state index contributed by atoms with van der Waals surface area (Å²) in [6.07, 6.45) is 5.23. The summed E-state index contributed by atoms with van der Waals surface area (Å²) in [6, 6.07) is 6.88. The molecule has 1 saturated carbocycles. The lowest BCUT2D eigenvalue weighted by atomic mass is 9.91. The van der Waals surface area contributed by atoms with E-state index >= 15 is 0 Å². The van der Waals surface area contributed by atoms with Crippen molar-refractivity contribution in [1.82, 2.24) is 14.9 Å². The number of nitrogens with zero attached hydrogens (tertiary/aromatic N) is 2. The van der Waals surface area contributed by atoms with Crippen LogP contribution in [0.25, 0.3) is 11.0 Å². The summed E-state index contributed by atoms with van der Waals surface area (Å²) < 4.78 is 2.29. The van der Waals surface area contributed by atoms with Crippen LogP contribution < -0.4 is 5.32 Å². The molecule has 2 heterocycles. The van der Waals surface area contributed by atoms with Crippen LogP contribution in [0.3, 0.4) is 0 Å². The van der Waals surface area contributed by atoms with E-state index in [0.29, 0.717) is 5.92 Å². The van der Waals surface area contributed by atoms with Gasteiger partial charge < -0.3 is 9.88 Å². The van der Waals surface area contributed by atoms with Crippen LogP contribution in [0.2, 0.25) is 0 Å². The van der Waals surface area contributed by atoms with E-state index in [-0.39, 0.29) is 0 Å². The van der Waals surface area contributed by atoms with Gasteiger partial charge in [-0.15, -0.1) is 0 Å². The van der Waals surface area contributed by atoms with Crippen LogP contribution in [0.1, 0.15) is 48.9 Å². The zero-order valence-corrected chi connectivity index (χ0v) is 11.5. The molecule has 0 amide bonds. The van der Waals surface area contributed by atoms with Gasteiger partial charge in [0.15, 0.2) is 0 Å². The zero-order chi connectivity index (χ0) is 12.8. The SMILES string of the molecule is Cn1c(C2CC2)nc2cc(C3CCCNC3)ccc21. The zero-order valence-electron chi connectivity index (χ0n) is 11.5. The lowest BCUT2D eigenvalue weighted by Gasteiger charge is -2.23. The van der Waals surface area contributed by atoms with Crippen molar-refractivity contribution in [2.75, 3.05) is 13.1 Å². The highest BCUT2D eigenvalue weighted by Gasteiger charge is 2.28. The van der Waals surface area contributed by atoms with Gasteiger partial charge in [0, 0.05) is 19.5 Å². The van der Waals surface area contributed by atoms with E-state index in [1.54, 1.807) is 0 Å². The molecule has 4 rings (SSSR count). The minimum atomic E-state index is 0.671. The minimum Gasteiger partial charge on any atom is -0.331 e. The van der Waals surface area contributed by atoms with Crippen LogP contribution in [-0.4, -0.2) is 22.6 Å². The van der Waals surface area contributed by atoms with Gasteiger partial charge in [-0.05, 0) is 55.8 Å². The van der Waals surface area contributed by atoms with Crippen LogP contribution in [-0.2, 0) is 7.05 Å². The highest BCUT2D eigenvalue weighted by Crippen LogP contribution is 2.40. The molecule has 1 saturated heterocycles. The number of nitrogens with one attached hydrogen (secondary N) is 1. The molecule has 0 spiro atoms. The van der Waals surface area contributed by atoms with E-state index in [2.05, 4.69) is 35.1 Å². The number of aromatic nitrogens is 2. The summed E-state index contributed by atoms with van der Waals surface area (Å²) in [5.41, 5.74) is 3.93. The molecule has 1 aromatic heterocycles. The second kappa shape index (κ2) is 4.34. The molecular weight excluding hydrogens is 234 g/mol. The molecule has 1 aliphatic heterocycles. The standard InChI is InChI=1S/C16H21N3/c1-19-15-7-6-12(13-3-2-8-17-10-13)9-14(15)18-16(19)11-4-5-11/h6-7,9,11,13,17H,2-5,8,10H2,1H3. The average Bonchev–Trinajstić information content (AvgIpc) is 3.25. The molecular formula is C16H21N3. The van der Waals surface area contributed by atoms with E-state index < -0.39 is 0 Å². The first-order valence-corrected chi connectivity index (χ1v) is 7.50. The van der Waals surface area contributed by atoms with Crippen LogP contribution in [0.15, 0.2) is 18.2 Å². The normalized spacial score (nSPS) is 23.9. The Balaban J connectivity index is 1.74. The summed E-state index contributed by atoms with van der Waals surface area (Å²) in [5, 5.41) is 3.50. The van der Waals surface area contributed by atoms with Crippen molar-refractivity contribution in [3.8, 4) is 0 Å². The highest BCUT2D eigenvalue weighted by molar-refractivity contribution is 5.77. The topological polar surface area (TPSA) is 29.9 Å². The van der Waals surface area contributed by atoms with Gasteiger partial charge in [0.05, 0.1) is 11.0 Å². The Morgan fingerprint density at radius 3 is 2.84 bits per heavy atom. The number of hydrogen-bond acceptors (Lipinski definition) is 2. The van der Waals surface area contributed by atoms with Crippen molar-refractivity contribution in [3.63, 3.8) is 0 Å². The first-order valence-electron chi connectivity index (χ1n) is 7.50. The van der Waals surface area contributed by atoms with Gasteiger partial charge in [0.1, 0.15) is 5.82 Å². The monoisotopic (exact) mass is 255 g/mol. The average molecular weight is 255 g/mol. The Hall–Kier alpha value is -1.35. The largest absolute Gasteiger partial charge is 0.331 e. The Morgan fingerprint density at radius 2 is 2.11 bits per heavy atom. The van der Waals surface area contributed by atoms with Crippen LogP contribution in [0.4, 0.5) is 0 Å². The lowest BCUT2D eigenvalue weighted by molar-refractivity contribution is 0.462. The highest BCUT2D eigenvalue weighted by atomic mass is 15.1. The molecule has 1 atom stereocenters. The molecule has 2 aliphatic rings. The van der Waals surface area contributed by atoms with E-state index in [9.17, 15) is 0 Å². The molecule has 0 radical (unpaired) electrons. The Kier molecular flexibility index (Phi) is 2.62. The van der Waals surface area contributed by atoms with Gasteiger partial charge >= 0.3 is 0 Å². The van der Waals surface area contributed by atoms with Crippen molar-refractivity contribution in [3.05, 3.63) is 29.6 Å². The van der Waals surface area contributed by atoms with Gasteiger partial charge in [-0.25, -0.2) is 4.98 Å². The maximum absolute atomic E-state index is 4.87. The molecule has 19 heavy (non-hydrogen) atoms. The summed E-state index contributed by atoms with van der Waals surface area (Å²) in [4.78, 5) is 4.87. The first-order chi connectivity index (χ1) is 9.33. The number of rotatable bonds is 2. The fourth-order valence-electron chi connectivity index (χ4n) is 3.33. The fraction of sp³-hybridized carbons (Fsp3) is 0.562. The van der Waals surface area contributed by atoms with Crippen LogP contribution >= 0.6 is 0 Å². The minimum absolute atomic E-state index is 0.671. The maximum atomic E-state index is 4.87. The van der Waals surface area contributed by atoms with E-state index in [1.165, 1.54) is 54.6 Å². The molecule has 2 fully saturated rings. The molecule has 0 bridgehead atoms. The maximum Gasteiger partial charge on any atom is 0.112 e. The third-order valence-corrected chi connectivity index (χ3v) is 4.65. The predicted molar refractivity (Wildman–Crippen MR) is 77.5 cm³/mol. The third kappa shape index (κ3) is 1.96. The van der Waals surface area contributed by atoms with Crippen molar-refractivity contribution in [2.24, 2.45) is 7.05 Å². The van der Waals surface area contributed by atoms with Gasteiger partial charge in [-0.2, -0.15) is 0 Å². The van der Waals surface area contributed by atoms with Crippen molar-refractivity contribution in [2.45, 2.75) is 37.5 Å². The van der Waals surface area contributed by atoms with Crippen molar-refractivity contribution in [1.29, 1.82) is 0 Å². The molecule has 100 valence electrons. The van der Waals surface area contributed by atoms with Crippen molar-refractivity contribution < 1.29 is 0 Å². The van der Waals surface area contributed by atoms with Gasteiger partial charge in [0.25, 0.3) is 0 Å². The quantitative estimate of drug-likeness (QED) is 0.894. The molecule has 2 aromatic rings. The molecule has 1 N–H and O–H groups in total. The lowest BCUT2D eigenvalue weighted by Crippen LogP contribution is -2.28. The summed E-state index contributed by atoms with van der Waals surface area (Å²) in [7, 11) is 2.16. The van der Waals surface area contributed by atoms with Crippen LogP contribution in [0.5, 0.6) is 0 Å². The second-order valence-corrected chi connectivity index (χ2v) is 6.09. The Morgan fingerprint density at radius 1 is 1.21 bits per heavy atom. The van der Waals surface area contributed by atoms with Crippen molar-refractivity contribution >= 4 is 11.0 Å². The number of benzene rings is 1. The smallest absolute Gasteiger partial charge is 0.112 e. The molecule has 1 unspecified atom stereocenters. The number of piperidine rings is 1. The van der Waals surface area contributed by atoms with E-state index in [4.69, 9.17) is 4.98 Å². The summed E-state index contributed by atoms with van der Waals surface area (Å²) >= 11 is 0. The fourth-order valence-corrected chi connectivity index (χ4v) is 3.33. The van der Waals surface area contributed by atoms with Gasteiger partial charge in [-0.1, -0.05) is 6.07 Å². The predicted octanol–water partition coefficient (Wildman–Crippen LogP) is 2.92. The van der Waals surface area contributed by atoms with Gasteiger partial charge in [-0.3, -0.25) is 0 Å². The third-order valence-electron chi connectivity index (χ3n) is 4.65. The van der Waals surface area contributed by atoms with E-state index in [1.807, 2.05) is 0 Å². The van der Waals surface area contributed by atoms with E-state index in [0.717, 1.165) is 12.5 Å². The summed E-state index contributed by atoms with van der Waals surface area (Å²) in [5.74, 6) is 2.68. The first kappa shape index (κ1) is 11.5. The Labute approximate surface area is 114 Å². The number of hydrogen-bond donors (Lipinski definition) is 1. The molecule has 1 aromatic carbocycles. The number of imidazole rings is 1. The van der Waals surface area contributed by atoms with Crippen LogP contribution in [0, 0.1) is 0 Å². The summed E-state index contributed by atoms with van der Waals surface area (Å²) in [6.45, 7) is 2.29. The van der Waals surface area contributed by atoms with Gasteiger partial charge in [0.2, 0.25) is 0 Å². The molecule has 1 aliphatic carbocycles.